The molecule has 0 aliphatic rings. The van der Waals surface area contributed by atoms with E-state index < -0.39 is 24.6 Å². The van der Waals surface area contributed by atoms with Gasteiger partial charge in [0.25, 0.3) is 0 Å². The van der Waals surface area contributed by atoms with Crippen LogP contribution in [0.15, 0.2) is 29.3 Å². The lowest BCUT2D eigenvalue weighted by atomic mass is 10.1. The van der Waals surface area contributed by atoms with Crippen LogP contribution in [-0.4, -0.2) is 61.9 Å². The van der Waals surface area contributed by atoms with Crippen molar-refractivity contribution in [2.75, 3.05) is 6.61 Å². The van der Waals surface area contributed by atoms with Gasteiger partial charge in [0, 0.05) is 6.61 Å². The number of aliphatic imine (C=N–C) groups is 1. The maximum atomic E-state index is 9.67. The zero-order valence-corrected chi connectivity index (χ0v) is 11.8. The Morgan fingerprint density at radius 1 is 1.10 bits per heavy atom. The Morgan fingerprint density at radius 3 is 2.24 bits per heavy atom. The summed E-state index contributed by atoms with van der Waals surface area (Å²) in [4.78, 5) is 3.73. The van der Waals surface area contributed by atoms with Gasteiger partial charge in [0.2, 0.25) is 6.29 Å². The van der Waals surface area contributed by atoms with Crippen LogP contribution in [-0.2, 0) is 0 Å². The van der Waals surface area contributed by atoms with Gasteiger partial charge in [-0.15, -0.1) is 0 Å². The minimum atomic E-state index is -1.74. The molecule has 0 amide bonds. The van der Waals surface area contributed by atoms with Crippen LogP contribution in [0.5, 0.6) is 5.75 Å². The Hall–Kier alpha value is -1.38. The van der Waals surface area contributed by atoms with E-state index in [1.54, 1.807) is 12.1 Å². The van der Waals surface area contributed by atoms with Crippen LogP contribution in [0.2, 0.25) is 0 Å². The largest absolute Gasteiger partial charge is 0.462 e. The first-order valence-electron chi connectivity index (χ1n) is 6.17. The molecule has 0 aromatic heterocycles. The summed E-state index contributed by atoms with van der Waals surface area (Å²) < 4.78 is 5.04. The summed E-state index contributed by atoms with van der Waals surface area (Å²) in [7, 11) is 0. The van der Waals surface area contributed by atoms with Gasteiger partial charge in [-0.25, -0.2) is 0 Å². The fourth-order valence-electron chi connectivity index (χ4n) is 1.56. The zero-order valence-electron chi connectivity index (χ0n) is 11.0. The Kier molecular flexibility index (Phi) is 7.41. The molecule has 1 aromatic rings. The van der Waals surface area contributed by atoms with E-state index in [1.165, 1.54) is 12.1 Å². The van der Waals surface area contributed by atoms with Crippen molar-refractivity contribution in [2.24, 2.45) is 4.99 Å². The molecule has 1 unspecified atom stereocenters. The SMILES string of the molecule is OCC[C@@H](O)[C@H](O)C(O)[C@H](O)Oc1ccc(N=C=S)cc1. The quantitative estimate of drug-likeness (QED) is 0.251. The van der Waals surface area contributed by atoms with Crippen molar-refractivity contribution in [3.63, 3.8) is 0 Å². The second kappa shape index (κ2) is 8.81. The van der Waals surface area contributed by atoms with Gasteiger partial charge in [0.05, 0.1) is 17.0 Å². The van der Waals surface area contributed by atoms with E-state index in [0.29, 0.717) is 5.69 Å². The molecule has 0 spiro atoms. The number of aliphatic hydroxyl groups is 5. The van der Waals surface area contributed by atoms with Crippen molar-refractivity contribution in [3.8, 4) is 5.75 Å². The van der Waals surface area contributed by atoms with E-state index in [9.17, 15) is 20.4 Å². The number of thiocarbonyl (C=S) groups is 1. The first-order chi connectivity index (χ1) is 9.99. The third kappa shape index (κ3) is 5.49. The molecule has 8 heteroatoms. The van der Waals surface area contributed by atoms with Crippen LogP contribution in [0.25, 0.3) is 0 Å². The van der Waals surface area contributed by atoms with Crippen molar-refractivity contribution in [1.29, 1.82) is 0 Å². The highest BCUT2D eigenvalue weighted by atomic mass is 32.1. The Balaban J connectivity index is 2.62. The van der Waals surface area contributed by atoms with E-state index >= 15 is 0 Å². The normalized spacial score (nSPS) is 16.4. The number of nitrogens with zero attached hydrogens (tertiary/aromatic N) is 1. The predicted octanol–water partition coefficient (Wildman–Crippen LogP) is -0.417. The molecule has 0 bridgehead atoms. The summed E-state index contributed by atoms with van der Waals surface area (Å²) in [5.41, 5.74) is 0.547. The molecule has 0 saturated heterocycles. The van der Waals surface area contributed by atoms with Crippen molar-refractivity contribution in [1.82, 2.24) is 0 Å². The molecule has 21 heavy (non-hydrogen) atoms. The van der Waals surface area contributed by atoms with Crippen LogP contribution in [0.1, 0.15) is 6.42 Å². The molecule has 5 N–H and O–H groups in total. The number of hydrogen-bond donors (Lipinski definition) is 5. The molecule has 1 rings (SSSR count). The molecule has 0 fully saturated rings. The second-order valence-electron chi connectivity index (χ2n) is 4.27. The summed E-state index contributed by atoms with van der Waals surface area (Å²) in [5, 5.41) is 49.2. The van der Waals surface area contributed by atoms with Gasteiger partial charge in [-0.3, -0.25) is 0 Å². The summed E-state index contributed by atoms with van der Waals surface area (Å²) in [5.74, 6) is 0.230. The summed E-state index contributed by atoms with van der Waals surface area (Å²) in [6.45, 7) is -0.357. The first kappa shape index (κ1) is 17.7. The minimum absolute atomic E-state index is 0.130. The monoisotopic (exact) mass is 315 g/mol. The zero-order chi connectivity index (χ0) is 15.8. The smallest absolute Gasteiger partial charge is 0.226 e. The molecule has 4 atom stereocenters. The average molecular weight is 315 g/mol. The molecule has 7 nitrogen and oxygen atoms in total. The fraction of sp³-hybridized carbons (Fsp3) is 0.462. The Bertz CT molecular complexity index is 476. The van der Waals surface area contributed by atoms with E-state index in [0.717, 1.165) is 0 Å². The highest BCUT2D eigenvalue weighted by Gasteiger charge is 2.31. The topological polar surface area (TPSA) is 123 Å². The average Bonchev–Trinajstić information content (AvgIpc) is 2.48. The highest BCUT2D eigenvalue weighted by Crippen LogP contribution is 2.19. The van der Waals surface area contributed by atoms with Crippen LogP contribution in [0.3, 0.4) is 0 Å². The lowest BCUT2D eigenvalue weighted by Gasteiger charge is -2.26. The predicted molar refractivity (Wildman–Crippen MR) is 77.5 cm³/mol. The molecular weight excluding hydrogens is 298 g/mol. The van der Waals surface area contributed by atoms with E-state index in [4.69, 9.17) is 9.84 Å². The van der Waals surface area contributed by atoms with Gasteiger partial charge in [0.1, 0.15) is 18.0 Å². The van der Waals surface area contributed by atoms with Crippen molar-refractivity contribution in [3.05, 3.63) is 24.3 Å². The first-order valence-corrected chi connectivity index (χ1v) is 6.58. The van der Waals surface area contributed by atoms with Crippen molar-refractivity contribution in [2.45, 2.75) is 31.0 Å². The maximum absolute atomic E-state index is 9.67. The number of rotatable bonds is 8. The van der Waals surface area contributed by atoms with Crippen molar-refractivity contribution < 1.29 is 30.3 Å². The third-order valence-electron chi connectivity index (χ3n) is 2.73. The maximum Gasteiger partial charge on any atom is 0.226 e. The van der Waals surface area contributed by atoms with Gasteiger partial charge >= 0.3 is 0 Å². The molecule has 0 radical (unpaired) electrons. The van der Waals surface area contributed by atoms with E-state index in [1.807, 2.05) is 0 Å². The third-order valence-corrected chi connectivity index (χ3v) is 2.82. The van der Waals surface area contributed by atoms with Gasteiger partial charge in [0.15, 0.2) is 0 Å². The number of ether oxygens (including phenoxy) is 1. The van der Waals surface area contributed by atoms with E-state index in [2.05, 4.69) is 22.4 Å². The van der Waals surface area contributed by atoms with Crippen LogP contribution >= 0.6 is 12.2 Å². The number of benzene rings is 1. The lowest BCUT2D eigenvalue weighted by molar-refractivity contribution is -0.166. The molecular formula is C13H17NO6S. The van der Waals surface area contributed by atoms with E-state index in [-0.39, 0.29) is 18.8 Å². The molecule has 116 valence electrons. The van der Waals surface area contributed by atoms with Crippen LogP contribution in [0.4, 0.5) is 5.69 Å². The molecule has 0 saturated carbocycles. The van der Waals surface area contributed by atoms with Gasteiger partial charge in [-0.05, 0) is 42.9 Å². The lowest BCUT2D eigenvalue weighted by Crippen LogP contribution is -2.46. The molecule has 0 aliphatic carbocycles. The number of aliphatic hydroxyl groups excluding tert-OH is 5. The summed E-state index contributed by atoms with van der Waals surface area (Å²) in [6, 6.07) is 6.09. The van der Waals surface area contributed by atoms with Crippen LogP contribution < -0.4 is 4.74 Å². The standard InChI is InChI=1S/C13H17NO6S/c15-6-5-10(16)11(17)12(18)13(19)20-9-3-1-8(2-4-9)14-7-21/h1-4,10-13,15-19H,5-6H2/t10-,11+,12?,13-/m1/s1. The minimum Gasteiger partial charge on any atom is -0.462 e. The Labute approximate surface area is 126 Å². The van der Waals surface area contributed by atoms with Crippen LogP contribution in [0, 0.1) is 0 Å². The summed E-state index contributed by atoms with van der Waals surface area (Å²) >= 11 is 4.46. The van der Waals surface area contributed by atoms with Gasteiger partial charge < -0.3 is 30.3 Å². The van der Waals surface area contributed by atoms with Crippen molar-refractivity contribution >= 4 is 23.1 Å². The number of isothiocyanates is 1. The second-order valence-corrected chi connectivity index (χ2v) is 4.45. The molecule has 1 aromatic carbocycles. The van der Waals surface area contributed by atoms with Gasteiger partial charge in [-0.1, -0.05) is 0 Å². The number of hydrogen-bond acceptors (Lipinski definition) is 8. The highest BCUT2D eigenvalue weighted by molar-refractivity contribution is 7.78. The fourth-order valence-corrected chi connectivity index (χ4v) is 1.67. The van der Waals surface area contributed by atoms with Gasteiger partial charge in [-0.2, -0.15) is 4.99 Å². The molecule has 0 heterocycles. The summed E-state index contributed by atoms with van der Waals surface area (Å²) in [6.07, 6.45) is -6.62. The molecule has 0 aliphatic heterocycles. The Morgan fingerprint density at radius 2 is 1.71 bits per heavy atom.